The number of carbonyl (C=O) groups excluding carboxylic acids is 1. The van der Waals surface area contributed by atoms with Crippen molar-refractivity contribution in [3.05, 3.63) is 66.7 Å². The molecular weight excluding hydrogens is 300 g/mol. The van der Waals surface area contributed by atoms with Gasteiger partial charge >= 0.3 is 0 Å². The molecule has 0 aliphatic rings. The van der Waals surface area contributed by atoms with Crippen LogP contribution in [0.3, 0.4) is 0 Å². The number of amides is 1. The molecule has 1 amide bonds. The quantitative estimate of drug-likeness (QED) is 0.707. The van der Waals surface area contributed by atoms with Crippen LogP contribution in [0.15, 0.2) is 61.2 Å². The molecule has 2 aromatic rings. The van der Waals surface area contributed by atoms with Gasteiger partial charge in [-0.2, -0.15) is 0 Å². The van der Waals surface area contributed by atoms with Gasteiger partial charge in [0.05, 0.1) is 6.54 Å². The molecule has 2 rings (SSSR count). The third-order valence-corrected chi connectivity index (χ3v) is 3.53. The molecule has 0 fully saturated rings. The highest BCUT2D eigenvalue weighted by atomic mass is 16.5. The Morgan fingerprint density at radius 2 is 1.88 bits per heavy atom. The standard InChI is InChI=1S/C20H24N2O2/c1-4-13-24-17-11-9-16(10-12-17)22-20(23)14-21-19-8-6-5-7-18(19)15(2)3/h4-12,15,21H,1,13-14H2,2-3H3,(H,22,23). The molecule has 0 heterocycles. The molecule has 2 aromatic carbocycles. The molecule has 0 aliphatic carbocycles. The summed E-state index contributed by atoms with van der Waals surface area (Å²) in [6, 6.07) is 15.3. The lowest BCUT2D eigenvalue weighted by atomic mass is 10.0. The molecular formula is C20H24N2O2. The third-order valence-electron chi connectivity index (χ3n) is 3.53. The molecule has 0 aliphatic heterocycles. The van der Waals surface area contributed by atoms with Crippen LogP contribution in [0.5, 0.6) is 5.75 Å². The van der Waals surface area contributed by atoms with Crippen molar-refractivity contribution < 1.29 is 9.53 Å². The van der Waals surface area contributed by atoms with Crippen molar-refractivity contribution in [1.29, 1.82) is 0 Å². The van der Waals surface area contributed by atoms with Gasteiger partial charge in [-0.25, -0.2) is 0 Å². The average molecular weight is 324 g/mol. The molecule has 24 heavy (non-hydrogen) atoms. The van der Waals surface area contributed by atoms with Crippen molar-refractivity contribution in [2.75, 3.05) is 23.8 Å². The number of hydrogen-bond acceptors (Lipinski definition) is 3. The molecule has 0 spiro atoms. The van der Waals surface area contributed by atoms with E-state index in [-0.39, 0.29) is 12.5 Å². The Morgan fingerprint density at radius 3 is 2.54 bits per heavy atom. The fraction of sp³-hybridized carbons (Fsp3) is 0.250. The van der Waals surface area contributed by atoms with Gasteiger partial charge in [0.25, 0.3) is 0 Å². The van der Waals surface area contributed by atoms with E-state index in [2.05, 4.69) is 37.1 Å². The SMILES string of the molecule is C=CCOc1ccc(NC(=O)CNc2ccccc2C(C)C)cc1. The minimum absolute atomic E-state index is 0.0895. The van der Waals surface area contributed by atoms with Gasteiger partial charge in [0.15, 0.2) is 0 Å². The van der Waals surface area contributed by atoms with E-state index < -0.39 is 0 Å². The Bertz CT molecular complexity index is 678. The van der Waals surface area contributed by atoms with E-state index in [4.69, 9.17) is 4.74 Å². The number of ether oxygens (including phenoxy) is 1. The maximum Gasteiger partial charge on any atom is 0.243 e. The number of benzene rings is 2. The number of nitrogens with one attached hydrogen (secondary N) is 2. The monoisotopic (exact) mass is 324 g/mol. The number of hydrogen-bond donors (Lipinski definition) is 2. The first-order valence-corrected chi connectivity index (χ1v) is 8.06. The van der Waals surface area contributed by atoms with Gasteiger partial charge in [-0.15, -0.1) is 0 Å². The molecule has 0 aromatic heterocycles. The second-order valence-electron chi connectivity index (χ2n) is 5.77. The van der Waals surface area contributed by atoms with Crippen LogP contribution < -0.4 is 15.4 Å². The van der Waals surface area contributed by atoms with Crippen molar-refractivity contribution in [3.8, 4) is 5.75 Å². The van der Waals surface area contributed by atoms with E-state index in [1.54, 1.807) is 6.08 Å². The number of para-hydroxylation sites is 1. The van der Waals surface area contributed by atoms with Gasteiger partial charge < -0.3 is 15.4 Å². The summed E-state index contributed by atoms with van der Waals surface area (Å²) in [7, 11) is 0. The van der Waals surface area contributed by atoms with Gasteiger partial charge in [0.2, 0.25) is 5.91 Å². The normalized spacial score (nSPS) is 10.3. The molecule has 0 bridgehead atoms. The molecule has 4 nitrogen and oxygen atoms in total. The highest BCUT2D eigenvalue weighted by molar-refractivity contribution is 5.93. The first kappa shape index (κ1) is 17.6. The van der Waals surface area contributed by atoms with Crippen molar-refractivity contribution in [1.82, 2.24) is 0 Å². The zero-order valence-corrected chi connectivity index (χ0v) is 14.2. The topological polar surface area (TPSA) is 50.4 Å². The number of carbonyl (C=O) groups is 1. The smallest absolute Gasteiger partial charge is 0.243 e. The maximum atomic E-state index is 12.1. The Labute approximate surface area is 143 Å². The molecule has 0 atom stereocenters. The van der Waals surface area contributed by atoms with Crippen LogP contribution in [0.1, 0.15) is 25.3 Å². The molecule has 2 N–H and O–H groups in total. The van der Waals surface area contributed by atoms with Crippen LogP contribution in [0.25, 0.3) is 0 Å². The predicted octanol–water partition coefficient (Wildman–Crippen LogP) is 4.43. The Morgan fingerprint density at radius 1 is 1.17 bits per heavy atom. The first-order chi connectivity index (χ1) is 11.6. The highest BCUT2D eigenvalue weighted by Gasteiger charge is 2.07. The zero-order valence-electron chi connectivity index (χ0n) is 14.2. The van der Waals surface area contributed by atoms with E-state index in [0.29, 0.717) is 12.5 Å². The van der Waals surface area contributed by atoms with Crippen LogP contribution in [-0.2, 0) is 4.79 Å². The second kappa shape index (κ2) is 8.77. The summed E-state index contributed by atoms with van der Waals surface area (Å²) in [5.41, 5.74) is 2.94. The van der Waals surface area contributed by atoms with Crippen LogP contribution in [-0.4, -0.2) is 19.1 Å². The van der Waals surface area contributed by atoms with Crippen LogP contribution >= 0.6 is 0 Å². The van der Waals surface area contributed by atoms with Crippen LogP contribution in [0, 0.1) is 0 Å². The minimum Gasteiger partial charge on any atom is -0.490 e. The van der Waals surface area contributed by atoms with E-state index in [9.17, 15) is 4.79 Å². The van der Waals surface area contributed by atoms with Crippen molar-refractivity contribution in [2.24, 2.45) is 0 Å². The fourth-order valence-electron chi connectivity index (χ4n) is 2.33. The molecule has 0 radical (unpaired) electrons. The fourth-order valence-corrected chi connectivity index (χ4v) is 2.33. The Kier molecular flexibility index (Phi) is 6.43. The molecule has 0 saturated heterocycles. The third kappa shape index (κ3) is 5.16. The van der Waals surface area contributed by atoms with E-state index in [1.807, 2.05) is 42.5 Å². The zero-order chi connectivity index (χ0) is 17.4. The van der Waals surface area contributed by atoms with Gasteiger partial charge in [-0.3, -0.25) is 4.79 Å². The van der Waals surface area contributed by atoms with E-state index in [1.165, 1.54) is 5.56 Å². The summed E-state index contributed by atoms with van der Waals surface area (Å²) in [6.07, 6.45) is 1.69. The summed E-state index contributed by atoms with van der Waals surface area (Å²) in [5.74, 6) is 1.06. The maximum absolute atomic E-state index is 12.1. The Hall–Kier alpha value is -2.75. The van der Waals surface area contributed by atoms with Crippen LogP contribution in [0.4, 0.5) is 11.4 Å². The lowest BCUT2D eigenvalue weighted by Crippen LogP contribution is -2.22. The summed E-state index contributed by atoms with van der Waals surface area (Å²) in [5, 5.41) is 6.07. The Balaban J connectivity index is 1.88. The first-order valence-electron chi connectivity index (χ1n) is 8.06. The lowest BCUT2D eigenvalue weighted by molar-refractivity contribution is -0.114. The van der Waals surface area contributed by atoms with Gasteiger partial charge in [0, 0.05) is 11.4 Å². The van der Waals surface area contributed by atoms with Crippen molar-refractivity contribution in [2.45, 2.75) is 19.8 Å². The molecule has 0 saturated carbocycles. The van der Waals surface area contributed by atoms with E-state index in [0.717, 1.165) is 17.1 Å². The summed E-state index contributed by atoms with van der Waals surface area (Å²) >= 11 is 0. The lowest BCUT2D eigenvalue weighted by Gasteiger charge is -2.14. The van der Waals surface area contributed by atoms with Crippen molar-refractivity contribution >= 4 is 17.3 Å². The minimum atomic E-state index is -0.0895. The summed E-state index contributed by atoms with van der Waals surface area (Å²) < 4.78 is 5.41. The predicted molar refractivity (Wildman–Crippen MR) is 99.8 cm³/mol. The van der Waals surface area contributed by atoms with Gasteiger partial charge in [-0.1, -0.05) is 44.7 Å². The van der Waals surface area contributed by atoms with E-state index >= 15 is 0 Å². The van der Waals surface area contributed by atoms with Gasteiger partial charge in [0.1, 0.15) is 12.4 Å². The molecule has 4 heteroatoms. The highest BCUT2D eigenvalue weighted by Crippen LogP contribution is 2.23. The average Bonchev–Trinajstić information content (AvgIpc) is 2.59. The van der Waals surface area contributed by atoms with Crippen molar-refractivity contribution in [3.63, 3.8) is 0 Å². The van der Waals surface area contributed by atoms with Crippen LogP contribution in [0.2, 0.25) is 0 Å². The van der Waals surface area contributed by atoms with Gasteiger partial charge in [-0.05, 0) is 41.8 Å². The second-order valence-corrected chi connectivity index (χ2v) is 5.77. The largest absolute Gasteiger partial charge is 0.490 e. The number of anilines is 2. The molecule has 126 valence electrons. The molecule has 0 unspecified atom stereocenters. The summed E-state index contributed by atoms with van der Waals surface area (Å²) in [6.45, 7) is 8.56. The summed E-state index contributed by atoms with van der Waals surface area (Å²) in [4.78, 5) is 12.1. The number of rotatable bonds is 8.